The monoisotopic (exact) mass is 336 g/mol. The Morgan fingerprint density at radius 1 is 1.52 bits per heavy atom. The molecule has 1 fully saturated rings. The number of nitrogens with zero attached hydrogens (tertiary/aromatic N) is 4. The van der Waals surface area contributed by atoms with E-state index in [9.17, 15) is 4.79 Å². The molecule has 1 saturated heterocycles. The third-order valence-corrected chi connectivity index (χ3v) is 4.54. The molecule has 1 amide bonds. The maximum atomic E-state index is 13.0. The van der Waals surface area contributed by atoms with Crippen LogP contribution in [0.15, 0.2) is 16.8 Å². The van der Waals surface area contributed by atoms with Gasteiger partial charge in [-0.2, -0.15) is 5.10 Å². The zero-order valence-electron chi connectivity index (χ0n) is 13.6. The smallest absolute Gasteiger partial charge is 0.274 e. The first-order valence-corrected chi connectivity index (χ1v) is 8.39. The lowest BCUT2D eigenvalue weighted by atomic mass is 10.1. The fourth-order valence-electron chi connectivity index (χ4n) is 3.00. The number of aryl methyl sites for hydroxylation is 1. The van der Waals surface area contributed by atoms with Crippen LogP contribution in [0.4, 0.5) is 0 Å². The van der Waals surface area contributed by atoms with Gasteiger partial charge in [0.15, 0.2) is 0 Å². The van der Waals surface area contributed by atoms with E-state index in [0.717, 1.165) is 24.3 Å². The highest BCUT2D eigenvalue weighted by Crippen LogP contribution is 2.34. The maximum Gasteiger partial charge on any atom is 0.274 e. The highest BCUT2D eigenvalue weighted by molar-refractivity contribution is 6.33. The largest absolute Gasteiger partial charge is 0.361 e. The Bertz CT molecular complexity index is 707. The molecule has 6 nitrogen and oxygen atoms in total. The van der Waals surface area contributed by atoms with Gasteiger partial charge in [-0.15, -0.1) is 0 Å². The first kappa shape index (κ1) is 16.1. The molecule has 3 heterocycles. The van der Waals surface area contributed by atoms with E-state index in [0.29, 0.717) is 23.8 Å². The highest BCUT2D eigenvalue weighted by Gasteiger charge is 2.35. The summed E-state index contributed by atoms with van der Waals surface area (Å²) in [5.74, 6) is 1.03. The van der Waals surface area contributed by atoms with Gasteiger partial charge < -0.3 is 9.42 Å². The molecule has 0 bridgehead atoms. The summed E-state index contributed by atoms with van der Waals surface area (Å²) in [6.45, 7) is 7.35. The predicted molar refractivity (Wildman–Crippen MR) is 86.5 cm³/mol. The summed E-state index contributed by atoms with van der Waals surface area (Å²) in [5, 5.41) is 8.72. The SMILES string of the molecule is CCn1ncc(Cl)c1C(=O)N1CCCC1c1cc(C(C)C)on1. The lowest BCUT2D eigenvalue weighted by molar-refractivity contribution is 0.0718. The van der Waals surface area contributed by atoms with Crippen molar-refractivity contribution in [2.24, 2.45) is 0 Å². The zero-order valence-corrected chi connectivity index (χ0v) is 14.4. The van der Waals surface area contributed by atoms with Crippen LogP contribution in [-0.2, 0) is 6.54 Å². The molecular weight excluding hydrogens is 316 g/mol. The zero-order chi connectivity index (χ0) is 16.6. The van der Waals surface area contributed by atoms with Crippen molar-refractivity contribution < 1.29 is 9.32 Å². The Morgan fingerprint density at radius 3 is 2.96 bits per heavy atom. The molecule has 1 aliphatic rings. The predicted octanol–water partition coefficient (Wildman–Crippen LogP) is 3.65. The fourth-order valence-corrected chi connectivity index (χ4v) is 3.22. The van der Waals surface area contributed by atoms with Crippen LogP contribution in [0.1, 0.15) is 67.5 Å². The second-order valence-electron chi connectivity index (χ2n) is 6.12. The van der Waals surface area contributed by atoms with Crippen LogP contribution in [-0.4, -0.2) is 32.3 Å². The maximum absolute atomic E-state index is 13.0. The summed E-state index contributed by atoms with van der Waals surface area (Å²) in [5.41, 5.74) is 1.27. The van der Waals surface area contributed by atoms with Gasteiger partial charge in [-0.25, -0.2) is 0 Å². The van der Waals surface area contributed by atoms with E-state index in [1.54, 1.807) is 4.68 Å². The van der Waals surface area contributed by atoms with Crippen molar-refractivity contribution in [3.63, 3.8) is 0 Å². The molecular formula is C16H21ClN4O2. The Kier molecular flexibility index (Phi) is 4.43. The van der Waals surface area contributed by atoms with Gasteiger partial charge in [-0.3, -0.25) is 9.48 Å². The molecule has 0 aromatic carbocycles. The van der Waals surface area contributed by atoms with Gasteiger partial charge >= 0.3 is 0 Å². The van der Waals surface area contributed by atoms with Gasteiger partial charge in [-0.05, 0) is 19.8 Å². The molecule has 124 valence electrons. The van der Waals surface area contributed by atoms with E-state index in [1.165, 1.54) is 6.20 Å². The average Bonchev–Trinajstić information content (AvgIpc) is 3.24. The summed E-state index contributed by atoms with van der Waals surface area (Å²) in [7, 11) is 0. The Balaban J connectivity index is 1.88. The third-order valence-electron chi connectivity index (χ3n) is 4.27. The third kappa shape index (κ3) is 2.87. The van der Waals surface area contributed by atoms with Crippen LogP contribution in [0.25, 0.3) is 0 Å². The molecule has 1 atom stereocenters. The van der Waals surface area contributed by atoms with Crippen molar-refractivity contribution >= 4 is 17.5 Å². The van der Waals surface area contributed by atoms with Crippen LogP contribution >= 0.6 is 11.6 Å². The lowest BCUT2D eigenvalue weighted by Crippen LogP contribution is -2.32. The number of rotatable bonds is 4. The van der Waals surface area contributed by atoms with E-state index in [4.69, 9.17) is 16.1 Å². The van der Waals surface area contributed by atoms with Gasteiger partial charge in [-0.1, -0.05) is 30.6 Å². The number of hydrogen-bond donors (Lipinski definition) is 0. The number of carbonyl (C=O) groups excluding carboxylic acids is 1. The Hall–Kier alpha value is -1.82. The van der Waals surface area contributed by atoms with Gasteiger partial charge in [0.05, 0.1) is 17.3 Å². The molecule has 0 N–H and O–H groups in total. The van der Waals surface area contributed by atoms with E-state index in [-0.39, 0.29) is 17.9 Å². The molecule has 0 aliphatic carbocycles. The Morgan fingerprint density at radius 2 is 2.30 bits per heavy atom. The summed E-state index contributed by atoms with van der Waals surface area (Å²) < 4.78 is 7.04. The minimum Gasteiger partial charge on any atom is -0.361 e. The summed E-state index contributed by atoms with van der Waals surface area (Å²) >= 11 is 6.17. The molecule has 1 unspecified atom stereocenters. The van der Waals surface area contributed by atoms with Gasteiger partial charge in [0.25, 0.3) is 5.91 Å². The topological polar surface area (TPSA) is 64.2 Å². The van der Waals surface area contributed by atoms with Crippen LogP contribution in [0.2, 0.25) is 5.02 Å². The van der Waals surface area contributed by atoms with E-state index in [1.807, 2.05) is 17.9 Å². The molecule has 7 heteroatoms. The van der Waals surface area contributed by atoms with Gasteiger partial charge in [0.2, 0.25) is 0 Å². The second kappa shape index (κ2) is 6.35. The van der Waals surface area contributed by atoms with Crippen molar-refractivity contribution in [2.75, 3.05) is 6.54 Å². The van der Waals surface area contributed by atoms with Crippen molar-refractivity contribution in [2.45, 2.75) is 52.1 Å². The van der Waals surface area contributed by atoms with Crippen molar-refractivity contribution in [1.29, 1.82) is 0 Å². The second-order valence-corrected chi connectivity index (χ2v) is 6.53. The van der Waals surface area contributed by atoms with Crippen molar-refractivity contribution in [1.82, 2.24) is 19.8 Å². The van der Waals surface area contributed by atoms with Crippen molar-refractivity contribution in [3.8, 4) is 0 Å². The number of aromatic nitrogens is 3. The summed E-state index contributed by atoms with van der Waals surface area (Å²) in [6.07, 6.45) is 3.35. The van der Waals surface area contributed by atoms with Crippen molar-refractivity contribution in [3.05, 3.63) is 34.4 Å². The minimum atomic E-state index is -0.0917. The standard InChI is InChI=1S/C16H21ClN4O2/c1-4-21-15(11(17)9-18-21)16(22)20-7-5-6-13(20)12-8-14(10(2)3)23-19-12/h8-10,13H,4-7H2,1-3H3. The van der Waals surface area contributed by atoms with Gasteiger partial charge in [0, 0.05) is 25.1 Å². The molecule has 0 radical (unpaired) electrons. The molecule has 3 rings (SSSR count). The van der Waals surface area contributed by atoms with E-state index < -0.39 is 0 Å². The number of carbonyl (C=O) groups is 1. The summed E-state index contributed by atoms with van der Waals surface area (Å²) in [4.78, 5) is 14.8. The minimum absolute atomic E-state index is 0.0602. The molecule has 2 aromatic heterocycles. The number of hydrogen-bond acceptors (Lipinski definition) is 4. The number of amides is 1. The lowest BCUT2D eigenvalue weighted by Gasteiger charge is -2.23. The molecule has 23 heavy (non-hydrogen) atoms. The summed E-state index contributed by atoms with van der Waals surface area (Å²) in [6, 6.07) is 1.90. The molecule has 2 aromatic rings. The quantitative estimate of drug-likeness (QED) is 0.855. The van der Waals surface area contributed by atoms with Crippen LogP contribution in [0, 0.1) is 0 Å². The van der Waals surface area contributed by atoms with Crippen LogP contribution in [0.5, 0.6) is 0 Å². The first-order valence-electron chi connectivity index (χ1n) is 8.01. The molecule has 1 aliphatic heterocycles. The molecule has 0 saturated carbocycles. The van der Waals surface area contributed by atoms with Gasteiger partial charge in [0.1, 0.15) is 17.1 Å². The van der Waals surface area contributed by atoms with Crippen LogP contribution in [0.3, 0.4) is 0 Å². The Labute approximate surface area is 140 Å². The highest BCUT2D eigenvalue weighted by atomic mass is 35.5. The number of halogens is 1. The van der Waals surface area contributed by atoms with E-state index >= 15 is 0 Å². The first-order chi connectivity index (χ1) is 11.0. The fraction of sp³-hybridized carbons (Fsp3) is 0.562. The molecule has 0 spiro atoms. The normalized spacial score (nSPS) is 18.1. The average molecular weight is 337 g/mol. The van der Waals surface area contributed by atoms with Crippen LogP contribution < -0.4 is 0 Å². The number of likely N-dealkylation sites (tertiary alicyclic amines) is 1. The van der Waals surface area contributed by atoms with E-state index in [2.05, 4.69) is 24.1 Å².